The number of nitro groups is 1. The number of amides is 1. The van der Waals surface area contributed by atoms with Gasteiger partial charge in [0.15, 0.2) is 0 Å². The minimum absolute atomic E-state index is 0.0205. The van der Waals surface area contributed by atoms with Crippen LogP contribution in [0.15, 0.2) is 24.3 Å². The highest BCUT2D eigenvalue weighted by atomic mass is 16.6. The van der Waals surface area contributed by atoms with E-state index in [1.807, 2.05) is 0 Å². The van der Waals surface area contributed by atoms with Gasteiger partial charge >= 0.3 is 0 Å². The van der Waals surface area contributed by atoms with Gasteiger partial charge < -0.3 is 10.0 Å². The SMILES string of the molecule is O=C(Cc1ccccc1[N+](=O)[O-])N1CCC(O)CC1. The highest BCUT2D eigenvalue weighted by molar-refractivity contribution is 5.80. The summed E-state index contributed by atoms with van der Waals surface area (Å²) in [5.74, 6) is -0.124. The molecule has 1 aliphatic rings. The maximum absolute atomic E-state index is 12.1. The molecule has 1 amide bonds. The predicted octanol–water partition coefficient (Wildman–Crippen LogP) is 1.12. The monoisotopic (exact) mass is 264 g/mol. The summed E-state index contributed by atoms with van der Waals surface area (Å²) < 4.78 is 0. The van der Waals surface area contributed by atoms with Crippen LogP contribution in [0.2, 0.25) is 0 Å². The lowest BCUT2D eigenvalue weighted by Gasteiger charge is -2.29. The molecular formula is C13H16N2O4. The second-order valence-electron chi connectivity index (χ2n) is 4.67. The number of hydrogen-bond acceptors (Lipinski definition) is 4. The molecular weight excluding hydrogens is 248 g/mol. The van der Waals surface area contributed by atoms with E-state index < -0.39 is 4.92 Å². The normalized spacial score (nSPS) is 16.4. The van der Waals surface area contributed by atoms with Gasteiger partial charge in [0.2, 0.25) is 5.91 Å². The third-order valence-corrected chi connectivity index (χ3v) is 3.35. The number of nitrogens with zero attached hydrogens (tertiary/aromatic N) is 2. The zero-order valence-corrected chi connectivity index (χ0v) is 10.5. The van der Waals surface area contributed by atoms with E-state index in [1.54, 1.807) is 23.1 Å². The van der Waals surface area contributed by atoms with Crippen LogP contribution in [-0.4, -0.2) is 40.0 Å². The lowest BCUT2D eigenvalue weighted by Crippen LogP contribution is -2.40. The third-order valence-electron chi connectivity index (χ3n) is 3.35. The zero-order chi connectivity index (χ0) is 13.8. The Hall–Kier alpha value is -1.95. The zero-order valence-electron chi connectivity index (χ0n) is 10.5. The van der Waals surface area contributed by atoms with E-state index in [-0.39, 0.29) is 24.1 Å². The average Bonchev–Trinajstić information content (AvgIpc) is 2.39. The topological polar surface area (TPSA) is 83.7 Å². The van der Waals surface area contributed by atoms with Crippen molar-refractivity contribution in [2.75, 3.05) is 13.1 Å². The second kappa shape index (κ2) is 5.79. The van der Waals surface area contributed by atoms with Gasteiger partial charge in [0.1, 0.15) is 0 Å². The lowest BCUT2D eigenvalue weighted by atomic mass is 10.1. The van der Waals surface area contributed by atoms with Gasteiger partial charge in [0.05, 0.1) is 17.4 Å². The van der Waals surface area contributed by atoms with Crippen molar-refractivity contribution in [2.45, 2.75) is 25.4 Å². The van der Waals surface area contributed by atoms with Gasteiger partial charge in [-0.3, -0.25) is 14.9 Å². The second-order valence-corrected chi connectivity index (χ2v) is 4.67. The van der Waals surface area contributed by atoms with Crippen molar-refractivity contribution < 1.29 is 14.8 Å². The Morgan fingerprint density at radius 1 is 1.37 bits per heavy atom. The molecule has 1 heterocycles. The summed E-state index contributed by atoms with van der Waals surface area (Å²) in [5.41, 5.74) is 0.413. The number of hydrogen-bond donors (Lipinski definition) is 1. The fourth-order valence-electron chi connectivity index (χ4n) is 2.23. The Morgan fingerprint density at radius 2 is 2.00 bits per heavy atom. The van der Waals surface area contributed by atoms with Crippen LogP contribution in [0.1, 0.15) is 18.4 Å². The summed E-state index contributed by atoms with van der Waals surface area (Å²) in [6.07, 6.45) is 0.841. The van der Waals surface area contributed by atoms with Gasteiger partial charge in [-0.2, -0.15) is 0 Å². The molecule has 6 nitrogen and oxygen atoms in total. The number of nitro benzene ring substituents is 1. The molecule has 0 unspecified atom stereocenters. The molecule has 0 spiro atoms. The maximum Gasteiger partial charge on any atom is 0.273 e. The van der Waals surface area contributed by atoms with Crippen LogP contribution < -0.4 is 0 Å². The van der Waals surface area contributed by atoms with Crippen molar-refractivity contribution in [3.05, 3.63) is 39.9 Å². The number of benzene rings is 1. The van der Waals surface area contributed by atoms with E-state index in [1.165, 1.54) is 6.07 Å². The first-order valence-electron chi connectivity index (χ1n) is 6.26. The fourth-order valence-corrected chi connectivity index (χ4v) is 2.23. The number of para-hydroxylation sites is 1. The standard InChI is InChI=1S/C13H16N2O4/c16-11-5-7-14(8-6-11)13(17)9-10-3-1-2-4-12(10)15(18)19/h1-4,11,16H,5-9H2. The number of aliphatic hydroxyl groups is 1. The first kappa shape index (κ1) is 13.5. The van der Waals surface area contributed by atoms with Crippen LogP contribution in [0.3, 0.4) is 0 Å². The van der Waals surface area contributed by atoms with Gasteiger partial charge in [0, 0.05) is 24.7 Å². The van der Waals surface area contributed by atoms with E-state index in [0.29, 0.717) is 31.5 Å². The first-order valence-corrected chi connectivity index (χ1v) is 6.26. The highest BCUT2D eigenvalue weighted by Crippen LogP contribution is 2.20. The largest absolute Gasteiger partial charge is 0.393 e. The van der Waals surface area contributed by atoms with Crippen molar-refractivity contribution in [3.63, 3.8) is 0 Å². The molecule has 1 aromatic rings. The van der Waals surface area contributed by atoms with Gasteiger partial charge in [-0.15, -0.1) is 0 Å². The molecule has 19 heavy (non-hydrogen) atoms. The van der Waals surface area contributed by atoms with Crippen molar-refractivity contribution in [1.82, 2.24) is 4.90 Å². The minimum atomic E-state index is -0.470. The Kier molecular flexibility index (Phi) is 4.11. The molecule has 1 fully saturated rings. The molecule has 1 aromatic carbocycles. The summed E-state index contributed by atoms with van der Waals surface area (Å²) in [6.45, 7) is 1.03. The van der Waals surface area contributed by atoms with Gasteiger partial charge in [-0.25, -0.2) is 0 Å². The van der Waals surface area contributed by atoms with Crippen molar-refractivity contribution >= 4 is 11.6 Å². The van der Waals surface area contributed by atoms with E-state index in [4.69, 9.17) is 0 Å². The van der Waals surface area contributed by atoms with Crippen molar-refractivity contribution in [2.24, 2.45) is 0 Å². The smallest absolute Gasteiger partial charge is 0.273 e. The predicted molar refractivity (Wildman–Crippen MR) is 68.6 cm³/mol. The molecule has 0 saturated carbocycles. The Labute approximate surface area is 110 Å². The molecule has 0 bridgehead atoms. The number of carbonyl (C=O) groups is 1. The van der Waals surface area contributed by atoms with Crippen LogP contribution in [0.5, 0.6) is 0 Å². The lowest BCUT2D eigenvalue weighted by molar-refractivity contribution is -0.385. The molecule has 0 atom stereocenters. The summed E-state index contributed by atoms with van der Waals surface area (Å²) in [5, 5.41) is 20.3. The van der Waals surface area contributed by atoms with E-state index in [9.17, 15) is 20.0 Å². The van der Waals surface area contributed by atoms with Gasteiger partial charge in [-0.05, 0) is 12.8 Å². The number of likely N-dealkylation sites (tertiary alicyclic amines) is 1. The number of piperidine rings is 1. The van der Waals surface area contributed by atoms with Crippen LogP contribution in [0.4, 0.5) is 5.69 Å². The molecule has 0 aliphatic carbocycles. The van der Waals surface area contributed by atoms with Crippen molar-refractivity contribution in [1.29, 1.82) is 0 Å². The molecule has 2 rings (SSSR count). The number of carbonyl (C=O) groups excluding carboxylic acids is 1. The summed E-state index contributed by atoms with van der Waals surface area (Å²) >= 11 is 0. The molecule has 1 aliphatic heterocycles. The summed E-state index contributed by atoms with van der Waals surface area (Å²) in [6, 6.07) is 6.29. The molecule has 0 radical (unpaired) electrons. The highest BCUT2D eigenvalue weighted by Gasteiger charge is 2.23. The van der Waals surface area contributed by atoms with Crippen LogP contribution >= 0.6 is 0 Å². The number of aliphatic hydroxyl groups excluding tert-OH is 1. The molecule has 1 saturated heterocycles. The summed E-state index contributed by atoms with van der Waals surface area (Å²) in [4.78, 5) is 24.1. The van der Waals surface area contributed by atoms with Crippen LogP contribution in [-0.2, 0) is 11.2 Å². The fraction of sp³-hybridized carbons (Fsp3) is 0.462. The molecule has 6 heteroatoms. The molecule has 0 aromatic heterocycles. The number of rotatable bonds is 3. The molecule has 1 N–H and O–H groups in total. The maximum atomic E-state index is 12.1. The van der Waals surface area contributed by atoms with E-state index in [2.05, 4.69) is 0 Å². The van der Waals surface area contributed by atoms with Crippen molar-refractivity contribution in [3.8, 4) is 0 Å². The van der Waals surface area contributed by atoms with Gasteiger partial charge in [-0.1, -0.05) is 18.2 Å². The summed E-state index contributed by atoms with van der Waals surface area (Å²) in [7, 11) is 0. The minimum Gasteiger partial charge on any atom is -0.393 e. The van der Waals surface area contributed by atoms with Crippen LogP contribution in [0, 0.1) is 10.1 Å². The Balaban J connectivity index is 2.05. The van der Waals surface area contributed by atoms with E-state index in [0.717, 1.165) is 0 Å². The van der Waals surface area contributed by atoms with Gasteiger partial charge in [0.25, 0.3) is 5.69 Å². The Morgan fingerprint density at radius 3 is 2.63 bits per heavy atom. The van der Waals surface area contributed by atoms with Crippen LogP contribution in [0.25, 0.3) is 0 Å². The molecule has 102 valence electrons. The quantitative estimate of drug-likeness (QED) is 0.655. The Bertz CT molecular complexity index is 481. The average molecular weight is 264 g/mol. The third kappa shape index (κ3) is 3.29. The first-order chi connectivity index (χ1) is 9.08. The van der Waals surface area contributed by atoms with E-state index >= 15 is 0 Å².